The van der Waals surface area contributed by atoms with Crippen LogP contribution in [0.2, 0.25) is 10.0 Å². The minimum Gasteiger partial charge on any atom is -0.489 e. The highest BCUT2D eigenvalue weighted by Gasteiger charge is 2.38. The normalized spacial score (nSPS) is 17.2. The highest BCUT2D eigenvalue weighted by atomic mass is 35.5. The van der Waals surface area contributed by atoms with Crippen molar-refractivity contribution in [2.45, 2.75) is 32.0 Å². The number of nitrogens with zero attached hydrogens (tertiary/aromatic N) is 3. The Balaban J connectivity index is 1.27. The molecule has 0 radical (unpaired) electrons. The number of esters is 1. The molecule has 47 heavy (non-hydrogen) atoms. The van der Waals surface area contributed by atoms with Crippen LogP contribution in [0.3, 0.4) is 0 Å². The summed E-state index contributed by atoms with van der Waals surface area (Å²) < 4.78 is 42.8. The third-order valence-corrected chi connectivity index (χ3v) is 9.17. The monoisotopic (exact) mass is 689 g/mol. The van der Waals surface area contributed by atoms with Gasteiger partial charge in [-0.2, -0.15) is 8.78 Å². The topological polar surface area (TPSA) is 103 Å². The number of ketones is 1. The van der Waals surface area contributed by atoms with E-state index in [4.69, 9.17) is 32.7 Å². The second-order valence-corrected chi connectivity index (χ2v) is 12.7. The van der Waals surface area contributed by atoms with Crippen LogP contribution in [0.4, 0.5) is 20.2 Å². The molecule has 3 aliphatic rings. The summed E-state index contributed by atoms with van der Waals surface area (Å²) in [6.45, 7) is -0.0167. The van der Waals surface area contributed by atoms with E-state index in [1.807, 2.05) is 13.1 Å². The van der Waals surface area contributed by atoms with E-state index in [1.165, 1.54) is 30.6 Å². The lowest BCUT2D eigenvalue weighted by Gasteiger charge is -2.34. The Morgan fingerprint density at radius 1 is 1.00 bits per heavy atom. The average molecular weight is 691 g/mol. The highest BCUT2D eigenvalue weighted by Crippen LogP contribution is 2.38. The van der Waals surface area contributed by atoms with Gasteiger partial charge in [-0.05, 0) is 61.7 Å². The van der Waals surface area contributed by atoms with Gasteiger partial charge in [-0.15, -0.1) is 0 Å². The van der Waals surface area contributed by atoms with E-state index in [9.17, 15) is 23.2 Å². The first-order chi connectivity index (χ1) is 22.6. The number of ether oxygens (including phenoxy) is 3. The van der Waals surface area contributed by atoms with Gasteiger partial charge in [-0.3, -0.25) is 19.3 Å². The number of fused-ring (bicyclic) bond motifs is 1. The van der Waals surface area contributed by atoms with E-state index in [-0.39, 0.29) is 33.5 Å². The maximum absolute atomic E-state index is 13.6. The van der Waals surface area contributed by atoms with Gasteiger partial charge in [-0.25, -0.2) is 4.98 Å². The maximum atomic E-state index is 13.6. The van der Waals surface area contributed by atoms with Gasteiger partial charge in [0.1, 0.15) is 22.7 Å². The number of carbonyl (C=O) groups is 3. The van der Waals surface area contributed by atoms with E-state index < -0.39 is 36.9 Å². The fraction of sp³-hybridized carbons (Fsp3) is 0.394. The number of hydrogen-bond acceptors (Lipinski definition) is 8. The third kappa shape index (κ3) is 7.61. The summed E-state index contributed by atoms with van der Waals surface area (Å²) in [7, 11) is 2.05. The van der Waals surface area contributed by atoms with Crippen molar-refractivity contribution in [3.05, 3.63) is 75.5 Å². The second-order valence-electron chi connectivity index (χ2n) is 11.9. The molecular weight excluding hydrogens is 657 g/mol. The van der Waals surface area contributed by atoms with Crippen molar-refractivity contribution in [3.63, 3.8) is 0 Å². The van der Waals surface area contributed by atoms with Crippen molar-refractivity contribution in [2.75, 3.05) is 56.2 Å². The number of H-pyrrole nitrogens is 1. The van der Waals surface area contributed by atoms with Gasteiger partial charge >= 0.3 is 12.6 Å². The Morgan fingerprint density at radius 3 is 2.40 bits per heavy atom. The largest absolute Gasteiger partial charge is 0.489 e. The zero-order valence-electron chi connectivity index (χ0n) is 25.5. The number of alkyl halides is 2. The number of pyridine rings is 1. The number of halogens is 4. The molecule has 3 heterocycles. The van der Waals surface area contributed by atoms with Crippen LogP contribution < -0.4 is 24.3 Å². The molecule has 6 rings (SSSR count). The van der Waals surface area contributed by atoms with Crippen LogP contribution in [0.15, 0.2) is 48.8 Å². The molecule has 1 aliphatic carbocycles. The fourth-order valence-electron chi connectivity index (χ4n) is 5.63. The van der Waals surface area contributed by atoms with E-state index in [0.717, 1.165) is 49.6 Å². The summed E-state index contributed by atoms with van der Waals surface area (Å²) in [5.41, 5.74) is 2.24. The molecule has 10 nitrogen and oxygen atoms in total. The first-order valence-corrected chi connectivity index (χ1v) is 16.0. The number of aromatic nitrogens is 1. The third-order valence-electron chi connectivity index (χ3n) is 8.50. The van der Waals surface area contributed by atoms with Crippen LogP contribution in [-0.2, 0) is 20.7 Å². The Hall–Kier alpha value is -4.00. The summed E-state index contributed by atoms with van der Waals surface area (Å²) in [6.07, 6.45) is 3.97. The number of hydrogen-bond donors (Lipinski definition) is 0. The first kappa shape index (κ1) is 32.9. The Bertz CT molecular complexity index is 1660. The molecule has 2 aliphatic heterocycles. The van der Waals surface area contributed by atoms with E-state index in [2.05, 4.69) is 19.5 Å². The molecule has 3 aromatic rings. The smallest absolute Gasteiger partial charge is 0.387 e. The molecule has 1 aromatic heterocycles. The molecule has 1 atom stereocenters. The summed E-state index contributed by atoms with van der Waals surface area (Å²) in [5.74, 6) is -2.12. The van der Waals surface area contributed by atoms with Crippen molar-refractivity contribution in [1.29, 1.82) is 0 Å². The number of amides is 1. The maximum Gasteiger partial charge on any atom is 0.387 e. The van der Waals surface area contributed by atoms with Crippen molar-refractivity contribution >= 4 is 52.2 Å². The number of carbonyl (C=O) groups excluding carboxylic acids is 3. The second kappa shape index (κ2) is 14.0. The molecule has 1 N–H and O–H groups in total. The zero-order chi connectivity index (χ0) is 33.2. The van der Waals surface area contributed by atoms with E-state index in [0.29, 0.717) is 29.3 Å². The van der Waals surface area contributed by atoms with E-state index >= 15 is 0 Å². The predicted octanol–water partition coefficient (Wildman–Crippen LogP) is 5.01. The lowest BCUT2D eigenvalue weighted by Crippen LogP contribution is -2.44. The average Bonchev–Trinajstić information content (AvgIpc) is 3.85. The fourth-order valence-corrected chi connectivity index (χ4v) is 6.17. The standard InChI is InChI=1S/C33H32Cl2F2N4O6/c1-39-8-10-40(11-9-39)21-5-6-22-26(13-21)41(32(44)31(22)43)17-30(42)46-28(14-23-24(34)15-38-16-25(23)35)20-4-7-27(47-33(36)37)29(12-20)45-18-19-2-3-19/h4-7,12-13,15-16,19,28,33H,2-3,8-11,14,17-18H2,1H3/p+1/t28-/m0/s1. The minimum absolute atomic E-state index is 0.00617. The summed E-state index contributed by atoms with van der Waals surface area (Å²) in [4.78, 5) is 47.9. The molecule has 2 fully saturated rings. The zero-order valence-corrected chi connectivity index (χ0v) is 27.0. The summed E-state index contributed by atoms with van der Waals surface area (Å²) in [6, 6.07) is 9.46. The van der Waals surface area contributed by atoms with Crippen molar-refractivity contribution < 1.29 is 42.4 Å². The number of benzene rings is 2. The SMILES string of the molecule is CN1CCN(c2ccc3c(c2)N(CC(=O)O[C@@H](Cc2c(Cl)c[nH+]cc2Cl)c2ccc(OC(F)F)c(OCC4CC4)c2)C(=O)C3=O)CC1. The number of nitrogens with one attached hydrogen (secondary N) is 1. The lowest BCUT2D eigenvalue weighted by atomic mass is 10.0. The Morgan fingerprint density at radius 2 is 1.72 bits per heavy atom. The van der Waals surface area contributed by atoms with Gasteiger partial charge in [0.15, 0.2) is 23.9 Å². The van der Waals surface area contributed by atoms with Crippen LogP contribution in [0.5, 0.6) is 11.5 Å². The number of Topliss-reactive ketones (excluding diaryl/α,β-unsaturated/α-hetero) is 1. The van der Waals surface area contributed by atoms with Crippen LogP contribution in [0, 0.1) is 5.92 Å². The van der Waals surface area contributed by atoms with Crippen LogP contribution >= 0.6 is 23.2 Å². The van der Waals surface area contributed by atoms with Crippen molar-refractivity contribution in [2.24, 2.45) is 5.92 Å². The quantitative estimate of drug-likeness (QED) is 0.193. The van der Waals surface area contributed by atoms with Crippen LogP contribution in [0.25, 0.3) is 0 Å². The number of anilines is 2. The predicted molar refractivity (Wildman–Crippen MR) is 170 cm³/mol. The molecule has 1 saturated carbocycles. The van der Waals surface area contributed by atoms with E-state index in [1.54, 1.807) is 12.1 Å². The van der Waals surface area contributed by atoms with Crippen LogP contribution in [0.1, 0.15) is 40.4 Å². The Kier molecular flexibility index (Phi) is 9.81. The number of aromatic amines is 1. The lowest BCUT2D eigenvalue weighted by molar-refractivity contribution is -0.377. The molecular formula is C33H33Cl2F2N4O6+. The number of likely N-dealkylation sites (N-methyl/N-ethyl adjacent to an activating group) is 1. The molecule has 1 amide bonds. The van der Waals surface area contributed by atoms with Gasteiger partial charge in [0.05, 0.1) is 17.9 Å². The highest BCUT2D eigenvalue weighted by molar-refractivity contribution is 6.52. The molecule has 14 heteroatoms. The number of piperazine rings is 1. The molecule has 248 valence electrons. The first-order valence-electron chi connectivity index (χ1n) is 15.3. The minimum atomic E-state index is -3.07. The molecule has 0 unspecified atom stereocenters. The van der Waals surface area contributed by atoms with Gasteiger partial charge in [0, 0.05) is 43.9 Å². The molecule has 1 saturated heterocycles. The molecule has 2 aromatic carbocycles. The Labute approximate surface area is 280 Å². The van der Waals surface area contributed by atoms with Gasteiger partial charge in [-0.1, -0.05) is 29.3 Å². The molecule has 0 spiro atoms. The summed E-state index contributed by atoms with van der Waals surface area (Å²) in [5, 5.41) is 0.569. The number of rotatable bonds is 12. The molecule has 0 bridgehead atoms. The van der Waals surface area contributed by atoms with Gasteiger partial charge < -0.3 is 24.0 Å². The summed E-state index contributed by atoms with van der Waals surface area (Å²) >= 11 is 12.9. The van der Waals surface area contributed by atoms with Gasteiger partial charge in [0.2, 0.25) is 0 Å². The van der Waals surface area contributed by atoms with Crippen molar-refractivity contribution in [3.8, 4) is 11.5 Å². The van der Waals surface area contributed by atoms with Gasteiger partial charge in [0.25, 0.3) is 11.7 Å². The van der Waals surface area contributed by atoms with Crippen molar-refractivity contribution in [1.82, 2.24) is 4.90 Å². The van der Waals surface area contributed by atoms with Crippen LogP contribution in [-0.4, -0.2) is 75.5 Å².